The normalized spacial score (nSPS) is 11.2. The maximum atomic E-state index is 10.6. The lowest BCUT2D eigenvalue weighted by atomic mass is 10.3. The molecule has 6 nitrogen and oxygen atoms in total. The Morgan fingerprint density at radius 1 is 1.62 bits per heavy atom. The second-order valence-corrected chi connectivity index (χ2v) is 3.55. The molecule has 5 N–H and O–H groups in total. The molecule has 0 bridgehead atoms. The Balaban J connectivity index is 3.01. The highest BCUT2D eigenvalue weighted by molar-refractivity contribution is 7.92. The van der Waals surface area contributed by atoms with Crippen LogP contribution in [0, 0.1) is 0 Å². The van der Waals surface area contributed by atoms with Gasteiger partial charge in [-0.25, -0.2) is 13.6 Å². The summed E-state index contributed by atoms with van der Waals surface area (Å²) in [6.07, 6.45) is 1.45. The van der Waals surface area contributed by atoms with E-state index in [0.717, 1.165) is 0 Å². The molecular weight excluding hydrogens is 192 g/mol. The van der Waals surface area contributed by atoms with Gasteiger partial charge < -0.3 is 15.4 Å². The predicted molar refractivity (Wildman–Crippen MR) is 47.0 cm³/mol. The van der Waals surface area contributed by atoms with Crippen LogP contribution in [0.15, 0.2) is 18.3 Å². The summed E-state index contributed by atoms with van der Waals surface area (Å²) in [7, 11) is -3.88. The Bertz CT molecular complexity index is 389. The van der Waals surface area contributed by atoms with Gasteiger partial charge in [-0.1, -0.05) is 18.3 Å². The van der Waals surface area contributed by atoms with E-state index in [2.05, 4.69) is 15.4 Å². The molecule has 7 heteroatoms. The van der Waals surface area contributed by atoms with Gasteiger partial charge in [0.2, 0.25) is 10.2 Å². The highest BCUT2D eigenvalue weighted by atomic mass is 32.2. The number of rotatable bonds is 3. The molecular formula is C6H10N4O2S. The van der Waals surface area contributed by atoms with Crippen LogP contribution in [-0.4, -0.2) is 13.4 Å². The molecule has 0 radical (unpaired) electrons. The van der Waals surface area contributed by atoms with Crippen molar-refractivity contribution in [2.45, 2.75) is 6.54 Å². The molecule has 1 aromatic heterocycles. The van der Waals surface area contributed by atoms with Crippen LogP contribution in [-0.2, 0) is 16.8 Å². The molecule has 1 rings (SSSR count). The first-order valence-corrected chi connectivity index (χ1v) is 5.02. The van der Waals surface area contributed by atoms with Crippen molar-refractivity contribution in [1.82, 2.24) is 4.98 Å². The predicted octanol–water partition coefficient (Wildman–Crippen LogP) is -0.968. The second-order valence-electron chi connectivity index (χ2n) is 2.34. The van der Waals surface area contributed by atoms with Gasteiger partial charge in [0.1, 0.15) is 0 Å². The van der Waals surface area contributed by atoms with Gasteiger partial charge in [0.05, 0.1) is 6.54 Å². The van der Waals surface area contributed by atoms with E-state index < -0.39 is 10.2 Å². The molecule has 1 heterocycles. The van der Waals surface area contributed by atoms with Crippen molar-refractivity contribution in [1.29, 1.82) is 0 Å². The van der Waals surface area contributed by atoms with Crippen LogP contribution in [0.5, 0.6) is 0 Å². The first kappa shape index (κ1) is 9.90. The summed E-state index contributed by atoms with van der Waals surface area (Å²) >= 11 is 0. The van der Waals surface area contributed by atoms with Gasteiger partial charge in [0.15, 0.2) is 0 Å². The third-order valence-electron chi connectivity index (χ3n) is 1.35. The Labute approximate surface area is 76.1 Å². The zero-order chi connectivity index (χ0) is 9.90. The summed E-state index contributed by atoms with van der Waals surface area (Å²) in [4.78, 5) is 3.77. The van der Waals surface area contributed by atoms with E-state index in [1.807, 2.05) is 0 Å². The zero-order valence-corrected chi connectivity index (χ0v) is 7.66. The summed E-state index contributed by atoms with van der Waals surface area (Å²) < 4.78 is 24.5. The Kier molecular flexibility index (Phi) is 2.81. The van der Waals surface area contributed by atoms with Crippen molar-refractivity contribution >= 4 is 16.0 Å². The molecule has 0 aliphatic carbocycles. The van der Waals surface area contributed by atoms with Gasteiger partial charge in [0, 0.05) is 5.56 Å². The van der Waals surface area contributed by atoms with E-state index in [4.69, 9.17) is 5.14 Å². The third-order valence-corrected chi connectivity index (χ3v) is 1.78. The SMILES string of the molecule is NS(=O)(=O)[N-]c1ncccc1C[NH3+]. The van der Waals surface area contributed by atoms with Crippen LogP contribution in [0.3, 0.4) is 0 Å². The average molecular weight is 202 g/mol. The second kappa shape index (κ2) is 3.69. The molecule has 0 aromatic carbocycles. The molecule has 72 valence electrons. The van der Waals surface area contributed by atoms with E-state index in [-0.39, 0.29) is 5.82 Å². The summed E-state index contributed by atoms with van der Waals surface area (Å²) in [5, 5.41) is 4.74. The highest BCUT2D eigenvalue weighted by Gasteiger charge is 1.99. The largest absolute Gasteiger partial charge is 0.442 e. The van der Waals surface area contributed by atoms with Crippen molar-refractivity contribution in [2.24, 2.45) is 5.14 Å². The van der Waals surface area contributed by atoms with E-state index >= 15 is 0 Å². The molecule has 0 saturated carbocycles. The van der Waals surface area contributed by atoms with Gasteiger partial charge in [-0.05, 0) is 5.82 Å². The van der Waals surface area contributed by atoms with Crippen molar-refractivity contribution in [2.75, 3.05) is 0 Å². The van der Waals surface area contributed by atoms with Crippen LogP contribution in [0.4, 0.5) is 5.82 Å². The van der Waals surface area contributed by atoms with Crippen LogP contribution in [0.2, 0.25) is 0 Å². The molecule has 0 amide bonds. The fraction of sp³-hybridized carbons (Fsp3) is 0.167. The lowest BCUT2D eigenvalue weighted by molar-refractivity contribution is -0.386. The third kappa shape index (κ3) is 2.98. The molecule has 0 aliphatic heterocycles. The minimum atomic E-state index is -3.88. The van der Waals surface area contributed by atoms with Gasteiger partial charge in [-0.3, -0.25) is 0 Å². The number of nitrogens with two attached hydrogens (primary N) is 1. The van der Waals surface area contributed by atoms with Crippen LogP contribution in [0.25, 0.3) is 4.72 Å². The molecule has 13 heavy (non-hydrogen) atoms. The summed E-state index contributed by atoms with van der Waals surface area (Å²) in [5.41, 5.74) is 4.26. The lowest BCUT2D eigenvalue weighted by Gasteiger charge is -2.14. The lowest BCUT2D eigenvalue weighted by Crippen LogP contribution is -2.47. The monoisotopic (exact) mass is 202 g/mol. The summed E-state index contributed by atoms with van der Waals surface area (Å²) in [6.45, 7) is 0.419. The van der Waals surface area contributed by atoms with E-state index in [9.17, 15) is 8.42 Å². The number of hydrogen-bond donors (Lipinski definition) is 2. The van der Waals surface area contributed by atoms with Crippen LogP contribution < -0.4 is 10.9 Å². The highest BCUT2D eigenvalue weighted by Crippen LogP contribution is 2.20. The summed E-state index contributed by atoms with van der Waals surface area (Å²) in [6, 6.07) is 3.38. The number of pyridine rings is 1. The van der Waals surface area contributed by atoms with Gasteiger partial charge in [-0.15, -0.1) is 0 Å². The molecule has 0 saturated heterocycles. The first-order chi connectivity index (χ1) is 6.03. The van der Waals surface area contributed by atoms with Crippen molar-refractivity contribution in [3.8, 4) is 0 Å². The summed E-state index contributed by atoms with van der Waals surface area (Å²) in [5.74, 6) is 0.111. The van der Waals surface area contributed by atoms with Crippen LogP contribution >= 0.6 is 0 Å². The maximum absolute atomic E-state index is 10.6. The van der Waals surface area contributed by atoms with Crippen molar-refractivity contribution < 1.29 is 14.2 Å². The molecule has 0 fully saturated rings. The smallest absolute Gasteiger partial charge is 0.235 e. The number of hydrogen-bond acceptors (Lipinski definition) is 3. The zero-order valence-electron chi connectivity index (χ0n) is 6.84. The van der Waals surface area contributed by atoms with Crippen LogP contribution in [0.1, 0.15) is 5.56 Å². The molecule has 1 aromatic rings. The van der Waals surface area contributed by atoms with Crippen molar-refractivity contribution in [3.63, 3.8) is 0 Å². The Morgan fingerprint density at radius 2 is 2.31 bits per heavy atom. The Hall–Kier alpha value is -1.18. The minimum absolute atomic E-state index is 0.111. The number of aromatic nitrogens is 1. The molecule has 0 spiro atoms. The van der Waals surface area contributed by atoms with Gasteiger partial charge in [-0.2, -0.15) is 0 Å². The Morgan fingerprint density at radius 3 is 2.85 bits per heavy atom. The minimum Gasteiger partial charge on any atom is -0.442 e. The molecule has 0 atom stereocenters. The average Bonchev–Trinajstić information content (AvgIpc) is 2.02. The molecule has 0 aliphatic rings. The fourth-order valence-corrected chi connectivity index (χ4v) is 1.23. The topological polar surface area (TPSA) is 115 Å². The number of nitrogens with zero attached hydrogens (tertiary/aromatic N) is 2. The van der Waals surface area contributed by atoms with E-state index in [1.165, 1.54) is 6.20 Å². The standard InChI is InChI=1S/C6H9N4O2S/c7-4-5-2-1-3-9-6(5)10-13(8,11)12/h1-3H,4,7H2,(H2-,8,9,10,11,12)/q-1/p+1. The quantitative estimate of drug-likeness (QED) is 0.657. The van der Waals surface area contributed by atoms with Gasteiger partial charge in [0.25, 0.3) is 0 Å². The fourth-order valence-electron chi connectivity index (χ4n) is 0.828. The van der Waals surface area contributed by atoms with Crippen molar-refractivity contribution in [3.05, 3.63) is 28.6 Å². The van der Waals surface area contributed by atoms with E-state index in [0.29, 0.717) is 12.1 Å². The molecule has 0 unspecified atom stereocenters. The maximum Gasteiger partial charge on any atom is 0.235 e. The number of quaternary nitrogens is 1. The van der Waals surface area contributed by atoms with Gasteiger partial charge >= 0.3 is 0 Å². The first-order valence-electron chi connectivity index (χ1n) is 3.52. The van der Waals surface area contributed by atoms with E-state index in [1.54, 1.807) is 12.1 Å².